The average molecular weight is 385 g/mol. The molecule has 0 radical (unpaired) electrons. The molecule has 4 heteroatoms. The Kier molecular flexibility index (Phi) is 4.99. The summed E-state index contributed by atoms with van der Waals surface area (Å²) in [6.45, 7) is 4.15. The fraction of sp³-hybridized carbons (Fsp3) is 0.267. The lowest BCUT2D eigenvalue weighted by atomic mass is 10.1. The molecule has 0 spiro atoms. The molecule has 0 bridgehead atoms. The number of rotatable bonds is 4. The molecule has 1 N–H and O–H groups in total. The van der Waals surface area contributed by atoms with Gasteiger partial charge >= 0.3 is 0 Å². The van der Waals surface area contributed by atoms with Crippen LogP contribution in [-0.4, -0.2) is 11.9 Å². The van der Waals surface area contributed by atoms with E-state index in [1.165, 1.54) is 9.75 Å². The molecule has 2 aromatic rings. The molecule has 1 atom stereocenters. The van der Waals surface area contributed by atoms with Crippen molar-refractivity contribution in [2.75, 3.05) is 0 Å². The molecule has 1 aromatic carbocycles. The molecule has 0 aliphatic heterocycles. The third-order valence-electron chi connectivity index (χ3n) is 2.80. The predicted molar refractivity (Wildman–Crippen MR) is 88.8 cm³/mol. The van der Waals surface area contributed by atoms with Crippen molar-refractivity contribution >= 4 is 39.8 Å². The lowest BCUT2D eigenvalue weighted by Gasteiger charge is -2.13. The number of carbonyl (C=O) groups is 1. The van der Waals surface area contributed by atoms with Gasteiger partial charge in [0.05, 0.1) is 5.56 Å². The summed E-state index contributed by atoms with van der Waals surface area (Å²) in [5.41, 5.74) is 0.748. The molecule has 1 heterocycles. The minimum Gasteiger partial charge on any atom is -0.349 e. The largest absolute Gasteiger partial charge is 0.349 e. The Morgan fingerprint density at radius 1 is 1.32 bits per heavy atom. The molecule has 100 valence electrons. The van der Waals surface area contributed by atoms with Crippen LogP contribution in [0, 0.1) is 10.5 Å². The Balaban J connectivity index is 1.97. The van der Waals surface area contributed by atoms with E-state index in [4.69, 9.17) is 0 Å². The molecule has 0 aliphatic carbocycles. The van der Waals surface area contributed by atoms with Gasteiger partial charge in [0, 0.05) is 25.8 Å². The molecule has 0 aliphatic rings. The molecule has 19 heavy (non-hydrogen) atoms. The van der Waals surface area contributed by atoms with Gasteiger partial charge in [0.2, 0.25) is 0 Å². The highest BCUT2D eigenvalue weighted by Crippen LogP contribution is 2.17. The number of hydrogen-bond acceptors (Lipinski definition) is 2. The molecule has 2 nitrogen and oxygen atoms in total. The first-order chi connectivity index (χ1) is 9.06. The highest BCUT2D eigenvalue weighted by atomic mass is 127. The SMILES string of the molecule is Cc1ccc(CC(C)NC(=O)c2ccccc2I)s1. The van der Waals surface area contributed by atoms with E-state index < -0.39 is 0 Å². The summed E-state index contributed by atoms with van der Waals surface area (Å²) in [6, 6.07) is 12.0. The van der Waals surface area contributed by atoms with Gasteiger partial charge in [-0.1, -0.05) is 12.1 Å². The van der Waals surface area contributed by atoms with Crippen molar-refractivity contribution in [1.82, 2.24) is 5.32 Å². The van der Waals surface area contributed by atoms with Crippen molar-refractivity contribution in [2.45, 2.75) is 26.3 Å². The van der Waals surface area contributed by atoms with Crippen LogP contribution in [-0.2, 0) is 6.42 Å². The second-order valence-electron chi connectivity index (χ2n) is 4.57. The Morgan fingerprint density at radius 2 is 2.05 bits per heavy atom. The quantitative estimate of drug-likeness (QED) is 0.792. The van der Waals surface area contributed by atoms with Crippen molar-refractivity contribution in [1.29, 1.82) is 0 Å². The van der Waals surface area contributed by atoms with Gasteiger partial charge in [-0.2, -0.15) is 0 Å². The summed E-state index contributed by atoms with van der Waals surface area (Å²) < 4.78 is 0.983. The van der Waals surface area contributed by atoms with Crippen molar-refractivity contribution in [3.63, 3.8) is 0 Å². The predicted octanol–water partition coefficient (Wildman–Crippen LogP) is 4.02. The third-order valence-corrected chi connectivity index (χ3v) is 4.76. The Labute approximate surface area is 131 Å². The summed E-state index contributed by atoms with van der Waals surface area (Å²) >= 11 is 3.98. The topological polar surface area (TPSA) is 29.1 Å². The van der Waals surface area contributed by atoms with Crippen LogP contribution in [0.4, 0.5) is 0 Å². The molecule has 0 saturated carbocycles. The number of nitrogens with one attached hydrogen (secondary N) is 1. The second-order valence-corrected chi connectivity index (χ2v) is 7.11. The lowest BCUT2D eigenvalue weighted by molar-refractivity contribution is 0.0939. The van der Waals surface area contributed by atoms with Gasteiger partial charge in [-0.15, -0.1) is 11.3 Å². The molecular formula is C15H16INOS. The Bertz CT molecular complexity index is 579. The number of hydrogen-bond donors (Lipinski definition) is 1. The van der Waals surface area contributed by atoms with E-state index in [0.29, 0.717) is 0 Å². The zero-order valence-corrected chi connectivity index (χ0v) is 13.9. The third kappa shape index (κ3) is 4.04. The second kappa shape index (κ2) is 6.52. The van der Waals surface area contributed by atoms with Crippen LogP contribution < -0.4 is 5.32 Å². The first-order valence-corrected chi connectivity index (χ1v) is 8.06. The maximum atomic E-state index is 12.2. The zero-order valence-electron chi connectivity index (χ0n) is 10.9. The molecule has 2 rings (SSSR count). The van der Waals surface area contributed by atoms with Gasteiger partial charge in [-0.05, 0) is 60.7 Å². The van der Waals surface area contributed by atoms with E-state index in [1.807, 2.05) is 31.2 Å². The van der Waals surface area contributed by atoms with Gasteiger partial charge in [-0.25, -0.2) is 0 Å². The zero-order chi connectivity index (χ0) is 13.8. The van der Waals surface area contributed by atoms with Crippen molar-refractivity contribution in [3.8, 4) is 0 Å². The average Bonchev–Trinajstić information content (AvgIpc) is 2.74. The minimum absolute atomic E-state index is 0.00535. The van der Waals surface area contributed by atoms with Crippen molar-refractivity contribution in [2.24, 2.45) is 0 Å². The molecular weight excluding hydrogens is 369 g/mol. The summed E-state index contributed by atoms with van der Waals surface area (Å²) in [4.78, 5) is 14.8. The number of benzene rings is 1. The van der Waals surface area contributed by atoms with Crippen LogP contribution >= 0.6 is 33.9 Å². The van der Waals surface area contributed by atoms with Gasteiger partial charge in [0.1, 0.15) is 0 Å². The van der Waals surface area contributed by atoms with Crippen LogP contribution in [0.25, 0.3) is 0 Å². The number of aryl methyl sites for hydroxylation is 1. The summed E-state index contributed by atoms with van der Waals surface area (Å²) in [7, 11) is 0. The summed E-state index contributed by atoms with van der Waals surface area (Å²) in [5, 5.41) is 3.06. The molecule has 1 amide bonds. The highest BCUT2D eigenvalue weighted by Gasteiger charge is 2.13. The number of halogens is 1. The highest BCUT2D eigenvalue weighted by molar-refractivity contribution is 14.1. The lowest BCUT2D eigenvalue weighted by Crippen LogP contribution is -2.34. The van der Waals surface area contributed by atoms with E-state index in [1.54, 1.807) is 11.3 Å². The first kappa shape index (κ1) is 14.5. The maximum Gasteiger partial charge on any atom is 0.252 e. The monoisotopic (exact) mass is 385 g/mol. The first-order valence-electron chi connectivity index (χ1n) is 6.17. The van der Waals surface area contributed by atoms with Gasteiger partial charge in [0.25, 0.3) is 5.91 Å². The number of thiophene rings is 1. The van der Waals surface area contributed by atoms with Crippen molar-refractivity contribution in [3.05, 3.63) is 55.3 Å². The number of amides is 1. The van der Waals surface area contributed by atoms with E-state index in [0.717, 1.165) is 15.6 Å². The van der Waals surface area contributed by atoms with Crippen LogP contribution in [0.3, 0.4) is 0 Å². The molecule has 0 saturated heterocycles. The Morgan fingerprint density at radius 3 is 2.68 bits per heavy atom. The molecule has 0 fully saturated rings. The van der Waals surface area contributed by atoms with Gasteiger partial charge in [-0.3, -0.25) is 4.79 Å². The van der Waals surface area contributed by atoms with Crippen LogP contribution in [0.15, 0.2) is 36.4 Å². The normalized spacial score (nSPS) is 12.2. The van der Waals surface area contributed by atoms with E-state index in [-0.39, 0.29) is 11.9 Å². The summed E-state index contributed by atoms with van der Waals surface area (Å²) in [5.74, 6) is 0.00535. The maximum absolute atomic E-state index is 12.2. The fourth-order valence-corrected chi connectivity index (χ4v) is 3.55. The minimum atomic E-state index is 0.00535. The van der Waals surface area contributed by atoms with E-state index in [2.05, 4.69) is 47.0 Å². The number of carbonyl (C=O) groups excluding carboxylic acids is 1. The standard InChI is InChI=1S/C15H16INOS/c1-10(9-12-8-7-11(2)19-12)17-15(18)13-5-3-4-6-14(13)16/h3-8,10H,9H2,1-2H3,(H,17,18). The molecule has 1 unspecified atom stereocenters. The van der Waals surface area contributed by atoms with Crippen LogP contribution in [0.2, 0.25) is 0 Å². The van der Waals surface area contributed by atoms with Crippen LogP contribution in [0.1, 0.15) is 27.0 Å². The molecule has 1 aromatic heterocycles. The fourth-order valence-electron chi connectivity index (χ4n) is 1.89. The Hall–Kier alpha value is -0.880. The van der Waals surface area contributed by atoms with E-state index >= 15 is 0 Å². The van der Waals surface area contributed by atoms with Crippen LogP contribution in [0.5, 0.6) is 0 Å². The van der Waals surface area contributed by atoms with Gasteiger partial charge in [0.15, 0.2) is 0 Å². The van der Waals surface area contributed by atoms with Crippen molar-refractivity contribution < 1.29 is 4.79 Å². The van der Waals surface area contributed by atoms with Gasteiger partial charge < -0.3 is 5.32 Å². The summed E-state index contributed by atoms with van der Waals surface area (Å²) in [6.07, 6.45) is 0.883. The van der Waals surface area contributed by atoms with E-state index in [9.17, 15) is 4.79 Å². The smallest absolute Gasteiger partial charge is 0.252 e.